The van der Waals surface area contributed by atoms with Gasteiger partial charge in [-0.3, -0.25) is 14.4 Å². The third-order valence-corrected chi connectivity index (χ3v) is 3.37. The molecule has 1 atom stereocenters. The van der Waals surface area contributed by atoms with Crippen molar-refractivity contribution in [3.8, 4) is 0 Å². The molecule has 11 nitrogen and oxygen atoms in total. The number of aliphatic imine (C=N–C) groups is 1. The van der Waals surface area contributed by atoms with Gasteiger partial charge in [0.1, 0.15) is 12.2 Å². The number of carbonyl (C=O) groups excluding carboxylic acids is 2. The van der Waals surface area contributed by atoms with E-state index >= 15 is 0 Å². The van der Waals surface area contributed by atoms with E-state index in [0.717, 1.165) is 0 Å². The number of nitrogens with zero attached hydrogens (tertiary/aromatic N) is 2. The first-order valence-electron chi connectivity index (χ1n) is 7.87. The van der Waals surface area contributed by atoms with Crippen molar-refractivity contribution in [3.63, 3.8) is 0 Å². The number of aromatic amines is 1. The van der Waals surface area contributed by atoms with E-state index in [1.54, 1.807) is 18.2 Å². The molecule has 0 saturated heterocycles. The molecule has 0 radical (unpaired) electrons. The summed E-state index contributed by atoms with van der Waals surface area (Å²) in [5.74, 6) is 3.29. The maximum absolute atomic E-state index is 12.2. The molecular weight excluding hydrogens is 354 g/mol. The Bertz CT molecular complexity index is 820. The fraction of sp³-hybridized carbons (Fsp3) is 0.188. The summed E-state index contributed by atoms with van der Waals surface area (Å²) in [6, 6.07) is 5.58. The third-order valence-electron chi connectivity index (χ3n) is 3.37. The molecule has 1 heterocycles. The second-order valence-electron chi connectivity index (χ2n) is 5.35. The van der Waals surface area contributed by atoms with Crippen LogP contribution >= 0.6 is 0 Å². The SMILES string of the molecule is NNC=Nc1cccc(C(=O)NCC(=O)NC(CC(=O)O)c2ncc[nH]2)c1. The van der Waals surface area contributed by atoms with E-state index in [9.17, 15) is 14.4 Å². The van der Waals surface area contributed by atoms with E-state index < -0.39 is 23.8 Å². The van der Waals surface area contributed by atoms with Gasteiger partial charge in [-0.2, -0.15) is 0 Å². The van der Waals surface area contributed by atoms with Crippen LogP contribution in [0.3, 0.4) is 0 Å². The van der Waals surface area contributed by atoms with Gasteiger partial charge in [0.05, 0.1) is 24.7 Å². The fourth-order valence-electron chi connectivity index (χ4n) is 2.21. The predicted octanol–water partition coefficient (Wildman–Crippen LogP) is -0.405. The fourth-order valence-corrected chi connectivity index (χ4v) is 2.21. The Balaban J connectivity index is 1.93. The van der Waals surface area contributed by atoms with Crippen molar-refractivity contribution in [1.29, 1.82) is 0 Å². The molecule has 0 saturated carbocycles. The zero-order valence-corrected chi connectivity index (χ0v) is 14.2. The number of aromatic nitrogens is 2. The average Bonchev–Trinajstić information content (AvgIpc) is 3.18. The van der Waals surface area contributed by atoms with Crippen molar-refractivity contribution >= 4 is 29.8 Å². The molecule has 1 aromatic heterocycles. The molecule has 0 aliphatic rings. The lowest BCUT2D eigenvalue weighted by Gasteiger charge is -2.15. The second kappa shape index (κ2) is 9.68. The summed E-state index contributed by atoms with van der Waals surface area (Å²) in [4.78, 5) is 45.9. The number of nitrogens with two attached hydrogens (primary N) is 1. The summed E-state index contributed by atoms with van der Waals surface area (Å²) in [5, 5.41) is 14.0. The van der Waals surface area contributed by atoms with E-state index in [1.165, 1.54) is 24.8 Å². The van der Waals surface area contributed by atoms with E-state index in [-0.39, 0.29) is 13.0 Å². The first-order chi connectivity index (χ1) is 13.0. The lowest BCUT2D eigenvalue weighted by molar-refractivity contribution is -0.137. The zero-order valence-electron chi connectivity index (χ0n) is 14.2. The second-order valence-corrected chi connectivity index (χ2v) is 5.35. The number of carboxylic acid groups (broad SMARTS) is 1. The summed E-state index contributed by atoms with van der Waals surface area (Å²) in [7, 11) is 0. The molecule has 1 unspecified atom stereocenters. The molecule has 11 heteroatoms. The van der Waals surface area contributed by atoms with Gasteiger partial charge in [-0.05, 0) is 18.2 Å². The van der Waals surface area contributed by atoms with Crippen molar-refractivity contribution in [2.24, 2.45) is 10.8 Å². The highest BCUT2D eigenvalue weighted by Crippen LogP contribution is 2.14. The zero-order chi connectivity index (χ0) is 19.6. The molecule has 2 amide bonds. The number of hydrogen-bond acceptors (Lipinski definition) is 6. The number of hydrazine groups is 1. The van der Waals surface area contributed by atoms with Gasteiger partial charge < -0.3 is 26.1 Å². The molecule has 0 aliphatic heterocycles. The van der Waals surface area contributed by atoms with Gasteiger partial charge in [-0.15, -0.1) is 0 Å². The molecule has 142 valence electrons. The predicted molar refractivity (Wildman–Crippen MR) is 96.0 cm³/mol. The number of nitrogens with one attached hydrogen (secondary N) is 4. The molecule has 0 aliphatic carbocycles. The minimum absolute atomic E-state index is 0.308. The molecule has 1 aromatic carbocycles. The molecule has 0 bridgehead atoms. The minimum Gasteiger partial charge on any atom is -0.481 e. The number of H-pyrrole nitrogens is 1. The van der Waals surface area contributed by atoms with Crippen molar-refractivity contribution < 1.29 is 19.5 Å². The van der Waals surface area contributed by atoms with E-state index in [0.29, 0.717) is 17.1 Å². The number of imidazole rings is 1. The van der Waals surface area contributed by atoms with Crippen molar-refractivity contribution in [3.05, 3.63) is 48.0 Å². The number of benzene rings is 1. The highest BCUT2D eigenvalue weighted by atomic mass is 16.4. The lowest BCUT2D eigenvalue weighted by Crippen LogP contribution is -2.39. The Morgan fingerprint density at radius 3 is 2.85 bits per heavy atom. The monoisotopic (exact) mass is 373 g/mol. The van der Waals surface area contributed by atoms with Gasteiger partial charge in [-0.25, -0.2) is 15.8 Å². The standard InChI is InChI=1S/C16H19N7O4/c17-22-9-21-11-3-1-2-10(6-11)16(27)20-8-13(24)23-12(7-14(25)26)15-18-4-5-19-15/h1-6,9,12H,7-8,17H2,(H,18,19)(H,20,27)(H,21,22)(H,23,24)(H,25,26). The van der Waals surface area contributed by atoms with Gasteiger partial charge in [0, 0.05) is 18.0 Å². The van der Waals surface area contributed by atoms with Crippen molar-refractivity contribution in [2.75, 3.05) is 6.54 Å². The molecule has 2 aromatic rings. The number of hydrogen-bond donors (Lipinski definition) is 6. The third kappa shape index (κ3) is 6.25. The van der Waals surface area contributed by atoms with Crippen LogP contribution < -0.4 is 21.9 Å². The maximum Gasteiger partial charge on any atom is 0.305 e. The molecule has 2 rings (SSSR count). The van der Waals surface area contributed by atoms with E-state index in [2.05, 4.69) is 31.0 Å². The Labute approximate surface area is 154 Å². The Morgan fingerprint density at radius 2 is 2.19 bits per heavy atom. The number of aliphatic carboxylic acids is 1. The van der Waals surface area contributed by atoms with Gasteiger partial charge >= 0.3 is 5.97 Å². The molecule has 7 N–H and O–H groups in total. The molecule has 27 heavy (non-hydrogen) atoms. The van der Waals surface area contributed by atoms with Crippen LogP contribution in [0, 0.1) is 0 Å². The van der Waals surface area contributed by atoms with Crippen LogP contribution in [0.25, 0.3) is 0 Å². The summed E-state index contributed by atoms with van der Waals surface area (Å²) in [5.41, 5.74) is 3.07. The molecule has 0 fully saturated rings. The average molecular weight is 373 g/mol. The van der Waals surface area contributed by atoms with Crippen LogP contribution in [0.2, 0.25) is 0 Å². The molecule has 0 spiro atoms. The highest BCUT2D eigenvalue weighted by Gasteiger charge is 2.20. The van der Waals surface area contributed by atoms with Gasteiger partial charge in [0.15, 0.2) is 0 Å². The van der Waals surface area contributed by atoms with Crippen LogP contribution in [0.15, 0.2) is 41.7 Å². The minimum atomic E-state index is -1.09. The first kappa shape index (κ1) is 19.6. The normalized spacial score (nSPS) is 11.7. The van der Waals surface area contributed by atoms with Crippen LogP contribution in [0.4, 0.5) is 5.69 Å². The maximum atomic E-state index is 12.2. The van der Waals surface area contributed by atoms with Crippen LogP contribution in [0.1, 0.15) is 28.6 Å². The Kier molecular flexibility index (Phi) is 7.02. The van der Waals surface area contributed by atoms with Crippen LogP contribution in [0.5, 0.6) is 0 Å². The van der Waals surface area contributed by atoms with Gasteiger partial charge in [0.2, 0.25) is 5.91 Å². The van der Waals surface area contributed by atoms with Crippen molar-refractivity contribution in [1.82, 2.24) is 26.0 Å². The Morgan fingerprint density at radius 1 is 1.37 bits per heavy atom. The van der Waals surface area contributed by atoms with Crippen LogP contribution in [-0.2, 0) is 9.59 Å². The summed E-state index contributed by atoms with van der Waals surface area (Å²) in [6.45, 7) is -0.326. The summed E-state index contributed by atoms with van der Waals surface area (Å²) in [6.07, 6.45) is 3.89. The van der Waals surface area contributed by atoms with E-state index in [4.69, 9.17) is 10.9 Å². The number of carbonyl (C=O) groups is 3. The van der Waals surface area contributed by atoms with E-state index in [1.807, 2.05) is 0 Å². The lowest BCUT2D eigenvalue weighted by atomic mass is 10.2. The summed E-state index contributed by atoms with van der Waals surface area (Å²) >= 11 is 0. The van der Waals surface area contributed by atoms with Crippen molar-refractivity contribution in [2.45, 2.75) is 12.5 Å². The molecular formula is C16H19N7O4. The first-order valence-corrected chi connectivity index (χ1v) is 7.87. The number of carboxylic acids is 1. The Hall–Kier alpha value is -3.73. The topological polar surface area (TPSA) is 175 Å². The highest BCUT2D eigenvalue weighted by molar-refractivity contribution is 5.97. The summed E-state index contributed by atoms with van der Waals surface area (Å²) < 4.78 is 0. The number of amides is 2. The quantitative estimate of drug-likeness (QED) is 0.150. The number of rotatable bonds is 9. The largest absolute Gasteiger partial charge is 0.481 e. The van der Waals surface area contributed by atoms with Gasteiger partial charge in [0.25, 0.3) is 5.91 Å². The smallest absolute Gasteiger partial charge is 0.305 e. The van der Waals surface area contributed by atoms with Gasteiger partial charge in [-0.1, -0.05) is 6.07 Å². The van der Waals surface area contributed by atoms with Crippen LogP contribution in [-0.4, -0.2) is 45.7 Å².